The minimum atomic E-state index is -0.396. The molecular weight excluding hydrogens is 220 g/mol. The summed E-state index contributed by atoms with van der Waals surface area (Å²) in [6, 6.07) is 6.81. The lowest BCUT2D eigenvalue weighted by Crippen LogP contribution is -2.40. The standard InChI is InChI=1S/C16H24N2/c1-12-9-13(2)15(14(3)10-12)7-8-18(6)16(4,5)11-17/h9-10H,7-8H2,1-6H3. The van der Waals surface area contributed by atoms with E-state index in [1.807, 2.05) is 20.9 Å². The Morgan fingerprint density at radius 1 is 1.17 bits per heavy atom. The maximum atomic E-state index is 9.12. The fourth-order valence-electron chi connectivity index (χ4n) is 2.25. The Kier molecular flexibility index (Phi) is 4.53. The lowest BCUT2D eigenvalue weighted by atomic mass is 9.96. The van der Waals surface area contributed by atoms with Crippen LogP contribution >= 0.6 is 0 Å². The fourth-order valence-corrected chi connectivity index (χ4v) is 2.25. The summed E-state index contributed by atoms with van der Waals surface area (Å²) in [5, 5.41) is 9.12. The molecule has 0 N–H and O–H groups in total. The molecule has 0 saturated carbocycles. The fraction of sp³-hybridized carbons (Fsp3) is 0.562. The molecule has 1 aromatic rings. The second kappa shape index (κ2) is 5.54. The molecule has 1 aromatic carbocycles. The Morgan fingerprint density at radius 3 is 2.11 bits per heavy atom. The molecule has 0 aromatic heterocycles. The van der Waals surface area contributed by atoms with Crippen LogP contribution in [0.1, 0.15) is 36.1 Å². The van der Waals surface area contributed by atoms with Crippen molar-refractivity contribution in [1.82, 2.24) is 4.90 Å². The van der Waals surface area contributed by atoms with Crippen LogP contribution in [0.4, 0.5) is 0 Å². The molecule has 0 aliphatic carbocycles. The van der Waals surface area contributed by atoms with Crippen LogP contribution in [0.5, 0.6) is 0 Å². The van der Waals surface area contributed by atoms with Gasteiger partial charge < -0.3 is 0 Å². The van der Waals surface area contributed by atoms with Crippen LogP contribution in [-0.4, -0.2) is 24.0 Å². The Labute approximate surface area is 111 Å². The van der Waals surface area contributed by atoms with E-state index in [9.17, 15) is 0 Å². The molecule has 0 radical (unpaired) electrons. The summed E-state index contributed by atoms with van der Waals surface area (Å²) in [7, 11) is 2.02. The van der Waals surface area contributed by atoms with Gasteiger partial charge in [0.05, 0.1) is 6.07 Å². The average Bonchev–Trinajstić information content (AvgIpc) is 2.27. The van der Waals surface area contributed by atoms with E-state index in [0.717, 1.165) is 13.0 Å². The van der Waals surface area contributed by atoms with Gasteiger partial charge in [-0.1, -0.05) is 17.7 Å². The molecule has 0 aliphatic heterocycles. The highest BCUT2D eigenvalue weighted by Crippen LogP contribution is 2.18. The van der Waals surface area contributed by atoms with Crippen LogP contribution in [0.2, 0.25) is 0 Å². The molecule has 18 heavy (non-hydrogen) atoms. The second-order valence-electron chi connectivity index (χ2n) is 5.72. The van der Waals surface area contributed by atoms with E-state index in [4.69, 9.17) is 5.26 Å². The molecule has 98 valence electrons. The van der Waals surface area contributed by atoms with Crippen molar-refractivity contribution < 1.29 is 0 Å². The van der Waals surface area contributed by atoms with E-state index in [0.29, 0.717) is 0 Å². The van der Waals surface area contributed by atoms with Crippen LogP contribution in [0, 0.1) is 32.1 Å². The van der Waals surface area contributed by atoms with Crippen molar-refractivity contribution >= 4 is 0 Å². The van der Waals surface area contributed by atoms with Gasteiger partial charge >= 0.3 is 0 Å². The monoisotopic (exact) mass is 244 g/mol. The molecule has 0 fully saturated rings. The average molecular weight is 244 g/mol. The van der Waals surface area contributed by atoms with Gasteiger partial charge in [-0.2, -0.15) is 5.26 Å². The van der Waals surface area contributed by atoms with Gasteiger partial charge in [0.1, 0.15) is 5.54 Å². The molecule has 0 spiro atoms. The smallest absolute Gasteiger partial charge is 0.103 e. The van der Waals surface area contributed by atoms with Crippen LogP contribution in [0.25, 0.3) is 0 Å². The summed E-state index contributed by atoms with van der Waals surface area (Å²) < 4.78 is 0. The number of aryl methyl sites for hydroxylation is 3. The summed E-state index contributed by atoms with van der Waals surface area (Å²) in [6.07, 6.45) is 1.000. The molecule has 2 nitrogen and oxygen atoms in total. The van der Waals surface area contributed by atoms with Gasteiger partial charge in [-0.3, -0.25) is 4.90 Å². The Balaban J connectivity index is 2.80. The first-order chi connectivity index (χ1) is 8.27. The van der Waals surface area contributed by atoms with Gasteiger partial charge in [-0.25, -0.2) is 0 Å². The highest BCUT2D eigenvalue weighted by atomic mass is 15.2. The first-order valence-electron chi connectivity index (χ1n) is 6.47. The summed E-state index contributed by atoms with van der Waals surface area (Å²) in [6.45, 7) is 11.3. The minimum Gasteiger partial charge on any atom is -0.289 e. The van der Waals surface area contributed by atoms with Crippen molar-refractivity contribution in [3.05, 3.63) is 34.4 Å². The van der Waals surface area contributed by atoms with Gasteiger partial charge in [0.25, 0.3) is 0 Å². The number of likely N-dealkylation sites (N-methyl/N-ethyl adjacent to an activating group) is 1. The molecule has 0 amide bonds. The number of nitriles is 1. The molecule has 0 atom stereocenters. The highest BCUT2D eigenvalue weighted by Gasteiger charge is 2.22. The molecular formula is C16H24N2. The number of nitrogens with zero attached hydrogens (tertiary/aromatic N) is 2. The zero-order valence-electron chi connectivity index (χ0n) is 12.5. The van der Waals surface area contributed by atoms with Crippen molar-refractivity contribution in [2.45, 2.75) is 46.6 Å². The molecule has 0 heterocycles. The van der Waals surface area contributed by atoms with Crippen LogP contribution in [-0.2, 0) is 6.42 Å². The molecule has 0 aliphatic rings. The highest BCUT2D eigenvalue weighted by molar-refractivity contribution is 5.37. The zero-order chi connectivity index (χ0) is 13.9. The Hall–Kier alpha value is -1.33. The first kappa shape index (κ1) is 14.7. The molecule has 1 rings (SSSR count). The Morgan fingerprint density at radius 2 is 1.67 bits per heavy atom. The van der Waals surface area contributed by atoms with E-state index in [2.05, 4.69) is 43.9 Å². The lowest BCUT2D eigenvalue weighted by molar-refractivity contribution is 0.214. The first-order valence-corrected chi connectivity index (χ1v) is 6.47. The van der Waals surface area contributed by atoms with Gasteiger partial charge in [-0.15, -0.1) is 0 Å². The summed E-state index contributed by atoms with van der Waals surface area (Å²) in [5.41, 5.74) is 5.05. The largest absolute Gasteiger partial charge is 0.289 e. The van der Waals surface area contributed by atoms with Crippen molar-refractivity contribution in [3.8, 4) is 6.07 Å². The predicted molar refractivity (Wildman–Crippen MR) is 76.7 cm³/mol. The van der Waals surface area contributed by atoms with E-state index >= 15 is 0 Å². The SMILES string of the molecule is Cc1cc(C)c(CCN(C)C(C)(C)C#N)c(C)c1. The maximum absolute atomic E-state index is 9.12. The van der Waals surface area contributed by atoms with Crippen molar-refractivity contribution in [2.75, 3.05) is 13.6 Å². The number of rotatable bonds is 4. The minimum absolute atomic E-state index is 0.396. The third kappa shape index (κ3) is 3.34. The van der Waals surface area contributed by atoms with E-state index < -0.39 is 5.54 Å². The van der Waals surface area contributed by atoms with Crippen molar-refractivity contribution in [1.29, 1.82) is 5.26 Å². The van der Waals surface area contributed by atoms with Gasteiger partial charge in [0.15, 0.2) is 0 Å². The normalized spacial score (nSPS) is 11.7. The van der Waals surface area contributed by atoms with E-state index in [1.54, 1.807) is 0 Å². The van der Waals surface area contributed by atoms with E-state index in [1.165, 1.54) is 22.3 Å². The predicted octanol–water partition coefficient (Wildman–Crippen LogP) is 3.39. The number of hydrogen-bond acceptors (Lipinski definition) is 2. The summed E-state index contributed by atoms with van der Waals surface area (Å²) >= 11 is 0. The third-order valence-corrected chi connectivity index (χ3v) is 3.77. The van der Waals surface area contributed by atoms with Crippen molar-refractivity contribution in [3.63, 3.8) is 0 Å². The number of hydrogen-bond donors (Lipinski definition) is 0. The topological polar surface area (TPSA) is 27.0 Å². The van der Waals surface area contributed by atoms with Crippen molar-refractivity contribution in [2.24, 2.45) is 0 Å². The van der Waals surface area contributed by atoms with Crippen LogP contribution in [0.15, 0.2) is 12.1 Å². The van der Waals surface area contributed by atoms with E-state index in [-0.39, 0.29) is 0 Å². The van der Waals surface area contributed by atoms with Crippen LogP contribution < -0.4 is 0 Å². The maximum Gasteiger partial charge on any atom is 0.103 e. The second-order valence-corrected chi connectivity index (χ2v) is 5.72. The van der Waals surface area contributed by atoms with Crippen LogP contribution in [0.3, 0.4) is 0 Å². The summed E-state index contributed by atoms with van der Waals surface area (Å²) in [4.78, 5) is 2.12. The zero-order valence-corrected chi connectivity index (χ0v) is 12.5. The molecule has 0 saturated heterocycles. The van der Waals surface area contributed by atoms with Gasteiger partial charge in [0.2, 0.25) is 0 Å². The van der Waals surface area contributed by atoms with Gasteiger partial charge in [0, 0.05) is 6.54 Å². The quantitative estimate of drug-likeness (QED) is 0.811. The lowest BCUT2D eigenvalue weighted by Gasteiger charge is -2.29. The summed E-state index contributed by atoms with van der Waals surface area (Å²) in [5.74, 6) is 0. The number of benzene rings is 1. The molecule has 0 unspecified atom stereocenters. The van der Waals surface area contributed by atoms with Gasteiger partial charge in [-0.05, 0) is 64.8 Å². The molecule has 2 heteroatoms. The third-order valence-electron chi connectivity index (χ3n) is 3.77. The molecule has 0 bridgehead atoms. The Bertz CT molecular complexity index is 443.